The molecule has 0 bridgehead atoms. The van der Waals surface area contributed by atoms with Gasteiger partial charge in [-0.3, -0.25) is 0 Å². The van der Waals surface area contributed by atoms with Gasteiger partial charge in [-0.05, 0) is 46.8 Å². The Morgan fingerprint density at radius 1 is 0.962 bits per heavy atom. The van der Waals surface area contributed by atoms with Crippen LogP contribution in [0.3, 0.4) is 0 Å². The number of nitrogens with zero attached hydrogens (tertiary/aromatic N) is 5. The summed E-state index contributed by atoms with van der Waals surface area (Å²) < 4.78 is 7.06. The number of tetrazole rings is 1. The zero-order valence-electron chi connectivity index (χ0n) is 13.2. The monoisotopic (exact) mass is 403 g/mol. The molecule has 0 unspecified atom stereocenters. The Morgan fingerprint density at radius 3 is 2.38 bits per heavy atom. The highest BCUT2D eigenvalue weighted by Gasteiger charge is 2.12. The fourth-order valence-electron chi connectivity index (χ4n) is 2.29. The quantitative estimate of drug-likeness (QED) is 0.440. The second-order valence-electron chi connectivity index (χ2n) is 5.32. The van der Waals surface area contributed by atoms with Crippen LogP contribution in [-0.2, 0) is 5.75 Å². The molecule has 2 aromatic carbocycles. The Balaban J connectivity index is 1.48. The van der Waals surface area contributed by atoms with Crippen LogP contribution in [0.5, 0.6) is 0 Å². The van der Waals surface area contributed by atoms with Crippen molar-refractivity contribution in [2.75, 3.05) is 0 Å². The first-order valence-corrected chi connectivity index (χ1v) is 9.32. The van der Waals surface area contributed by atoms with Gasteiger partial charge in [0.2, 0.25) is 5.16 Å². The number of benzene rings is 2. The molecule has 0 N–H and O–H groups in total. The number of rotatable bonds is 5. The summed E-state index contributed by atoms with van der Waals surface area (Å²) in [6, 6.07) is 16.6. The maximum atomic E-state index is 5.92. The molecule has 6 nitrogen and oxygen atoms in total. The minimum absolute atomic E-state index is 0.550. The molecular weight excluding hydrogens is 393 g/mol. The zero-order chi connectivity index (χ0) is 17.9. The zero-order valence-corrected chi connectivity index (χ0v) is 15.5. The van der Waals surface area contributed by atoms with Crippen molar-refractivity contribution in [3.8, 4) is 16.9 Å². The third kappa shape index (κ3) is 3.75. The van der Waals surface area contributed by atoms with Crippen LogP contribution >= 0.6 is 35.0 Å². The molecule has 0 aliphatic rings. The fourth-order valence-corrected chi connectivity index (χ4v) is 3.30. The van der Waals surface area contributed by atoms with Gasteiger partial charge < -0.3 is 4.52 Å². The van der Waals surface area contributed by atoms with Gasteiger partial charge in [-0.25, -0.2) is 0 Å². The summed E-state index contributed by atoms with van der Waals surface area (Å²) in [6.45, 7) is 0. The largest absolute Gasteiger partial charge is 0.360 e. The lowest BCUT2D eigenvalue weighted by Crippen LogP contribution is -1.98. The van der Waals surface area contributed by atoms with Gasteiger partial charge in [0.1, 0.15) is 11.5 Å². The Morgan fingerprint density at radius 2 is 1.65 bits per heavy atom. The van der Waals surface area contributed by atoms with Crippen LogP contribution in [0, 0.1) is 0 Å². The second-order valence-corrected chi connectivity index (χ2v) is 7.14. The molecule has 26 heavy (non-hydrogen) atoms. The number of hydrogen-bond donors (Lipinski definition) is 0. The highest BCUT2D eigenvalue weighted by molar-refractivity contribution is 7.98. The minimum atomic E-state index is 0.550. The molecule has 0 spiro atoms. The van der Waals surface area contributed by atoms with Crippen LogP contribution in [0.15, 0.2) is 64.3 Å². The van der Waals surface area contributed by atoms with E-state index in [1.807, 2.05) is 42.5 Å². The van der Waals surface area contributed by atoms with Gasteiger partial charge in [0.05, 0.1) is 11.4 Å². The van der Waals surface area contributed by atoms with Gasteiger partial charge in [-0.1, -0.05) is 52.3 Å². The third-order valence-corrected chi connectivity index (χ3v) is 5.00. The van der Waals surface area contributed by atoms with E-state index in [4.69, 9.17) is 27.7 Å². The maximum absolute atomic E-state index is 5.92. The van der Waals surface area contributed by atoms with Gasteiger partial charge in [-0.2, -0.15) is 4.68 Å². The molecule has 4 rings (SSSR count). The highest BCUT2D eigenvalue weighted by Crippen LogP contribution is 2.26. The van der Waals surface area contributed by atoms with Crippen molar-refractivity contribution in [2.45, 2.75) is 10.9 Å². The first-order chi connectivity index (χ1) is 12.7. The molecule has 4 aromatic rings. The molecule has 0 saturated heterocycles. The number of halogens is 2. The van der Waals surface area contributed by atoms with Gasteiger partial charge in [0.15, 0.2) is 0 Å². The lowest BCUT2D eigenvalue weighted by molar-refractivity contribution is 0.397. The molecule has 0 radical (unpaired) electrons. The Kier molecular flexibility index (Phi) is 4.92. The van der Waals surface area contributed by atoms with E-state index in [0.717, 1.165) is 22.7 Å². The standard InChI is InChI=1S/C17H11Cl2N5OS/c18-12-3-1-11(2-4-12)16-9-15(25-21-16)10-26-17-20-22-23-24(17)14-7-5-13(19)6-8-14/h1-9H,10H2. The topological polar surface area (TPSA) is 69.6 Å². The Bertz CT molecular complexity index is 1010. The molecule has 2 heterocycles. The van der Waals surface area contributed by atoms with E-state index >= 15 is 0 Å². The van der Waals surface area contributed by atoms with Crippen molar-refractivity contribution in [1.29, 1.82) is 0 Å². The number of thioether (sulfide) groups is 1. The van der Waals surface area contributed by atoms with Crippen molar-refractivity contribution < 1.29 is 4.52 Å². The smallest absolute Gasteiger partial charge is 0.214 e. The maximum Gasteiger partial charge on any atom is 0.214 e. The average Bonchev–Trinajstić information content (AvgIpc) is 3.30. The van der Waals surface area contributed by atoms with Crippen molar-refractivity contribution >= 4 is 35.0 Å². The van der Waals surface area contributed by atoms with Crippen LogP contribution in [0.1, 0.15) is 5.76 Å². The molecule has 0 atom stereocenters. The van der Waals surface area contributed by atoms with Gasteiger partial charge in [0.25, 0.3) is 0 Å². The van der Waals surface area contributed by atoms with Gasteiger partial charge >= 0.3 is 0 Å². The molecule has 0 aliphatic heterocycles. The number of aromatic nitrogens is 5. The lowest BCUT2D eigenvalue weighted by atomic mass is 10.1. The van der Waals surface area contributed by atoms with Crippen LogP contribution in [0.25, 0.3) is 16.9 Å². The molecule has 0 aliphatic carbocycles. The summed E-state index contributed by atoms with van der Waals surface area (Å²) in [7, 11) is 0. The third-order valence-electron chi connectivity index (χ3n) is 3.55. The predicted molar refractivity (Wildman–Crippen MR) is 101 cm³/mol. The van der Waals surface area contributed by atoms with E-state index in [1.54, 1.807) is 16.8 Å². The van der Waals surface area contributed by atoms with E-state index in [-0.39, 0.29) is 0 Å². The SMILES string of the molecule is Clc1ccc(-c2cc(CSc3nnnn3-c3ccc(Cl)cc3)on2)cc1. The minimum Gasteiger partial charge on any atom is -0.360 e. The first kappa shape index (κ1) is 17.1. The average molecular weight is 404 g/mol. The van der Waals surface area contributed by atoms with E-state index in [1.165, 1.54) is 11.8 Å². The van der Waals surface area contributed by atoms with E-state index < -0.39 is 0 Å². The molecule has 0 amide bonds. The lowest BCUT2D eigenvalue weighted by Gasteiger charge is -2.03. The van der Waals surface area contributed by atoms with E-state index in [9.17, 15) is 0 Å². The van der Waals surface area contributed by atoms with Crippen molar-refractivity contribution in [2.24, 2.45) is 0 Å². The predicted octanol–water partition coefficient (Wildman–Crippen LogP) is 4.92. The summed E-state index contributed by atoms with van der Waals surface area (Å²) in [6.07, 6.45) is 0. The van der Waals surface area contributed by atoms with E-state index in [0.29, 0.717) is 21.0 Å². The fraction of sp³-hybridized carbons (Fsp3) is 0.0588. The van der Waals surface area contributed by atoms with Crippen molar-refractivity contribution in [1.82, 2.24) is 25.4 Å². The molecule has 9 heteroatoms. The van der Waals surface area contributed by atoms with E-state index in [2.05, 4.69) is 20.7 Å². The summed E-state index contributed by atoms with van der Waals surface area (Å²) in [4.78, 5) is 0. The number of hydrogen-bond acceptors (Lipinski definition) is 6. The summed E-state index contributed by atoms with van der Waals surface area (Å²) >= 11 is 13.3. The molecular formula is C17H11Cl2N5OS. The molecule has 2 aromatic heterocycles. The van der Waals surface area contributed by atoms with Crippen LogP contribution in [0.4, 0.5) is 0 Å². The van der Waals surface area contributed by atoms with Crippen LogP contribution in [0.2, 0.25) is 10.0 Å². The summed E-state index contributed by atoms with van der Waals surface area (Å²) in [5.41, 5.74) is 2.54. The van der Waals surface area contributed by atoms with Gasteiger partial charge in [-0.15, -0.1) is 5.10 Å². The molecule has 130 valence electrons. The van der Waals surface area contributed by atoms with Crippen LogP contribution < -0.4 is 0 Å². The summed E-state index contributed by atoms with van der Waals surface area (Å²) in [5.74, 6) is 1.28. The normalized spacial score (nSPS) is 11.0. The highest BCUT2D eigenvalue weighted by atomic mass is 35.5. The van der Waals surface area contributed by atoms with Crippen molar-refractivity contribution in [3.05, 3.63) is 70.4 Å². The van der Waals surface area contributed by atoms with Crippen molar-refractivity contribution in [3.63, 3.8) is 0 Å². The molecule has 0 fully saturated rings. The second kappa shape index (κ2) is 7.49. The first-order valence-electron chi connectivity index (χ1n) is 7.58. The molecule has 0 saturated carbocycles. The summed E-state index contributed by atoms with van der Waals surface area (Å²) in [5, 5.41) is 17.9. The Labute approximate surface area is 163 Å². The Hall–Kier alpha value is -2.35. The van der Waals surface area contributed by atoms with Crippen LogP contribution in [-0.4, -0.2) is 25.4 Å². The van der Waals surface area contributed by atoms with Gasteiger partial charge in [0, 0.05) is 21.7 Å².